The van der Waals surface area contributed by atoms with Crippen molar-refractivity contribution in [3.63, 3.8) is 0 Å². The molecule has 0 radical (unpaired) electrons. The molecule has 1 amide bonds. The molecule has 0 bridgehead atoms. The van der Waals surface area contributed by atoms with Crippen molar-refractivity contribution in [2.24, 2.45) is 17.1 Å². The van der Waals surface area contributed by atoms with Crippen molar-refractivity contribution in [3.05, 3.63) is 34.9 Å². The second kappa shape index (κ2) is 3.76. The Labute approximate surface area is 103 Å². The summed E-state index contributed by atoms with van der Waals surface area (Å²) in [5.74, 6) is -2.01. The summed E-state index contributed by atoms with van der Waals surface area (Å²) in [6, 6.07) is 10.7. The van der Waals surface area contributed by atoms with Crippen LogP contribution in [-0.2, 0) is 4.79 Å². The molecule has 2 rings (SSSR count). The first kappa shape index (κ1) is 11.4. The van der Waals surface area contributed by atoms with Gasteiger partial charge in [-0.05, 0) is 11.6 Å². The lowest BCUT2D eigenvalue weighted by Gasteiger charge is -2.04. The van der Waals surface area contributed by atoms with Gasteiger partial charge in [-0.25, -0.2) is 0 Å². The Morgan fingerprint density at radius 1 is 1.41 bits per heavy atom. The minimum absolute atomic E-state index is 0.441. The van der Waals surface area contributed by atoms with Gasteiger partial charge in [-0.2, -0.15) is 10.5 Å². The standard InChI is InChI=1S/C12H8ClN3O/c13-9-4-2-1-3-7(9)10-8(5-14)12(10,6-15)11(16)17/h1-4,8,10H,(H2,16,17). The monoisotopic (exact) mass is 245 g/mol. The number of carbonyl (C=O) groups excluding carboxylic acids is 1. The van der Waals surface area contributed by atoms with Gasteiger partial charge in [0.2, 0.25) is 5.91 Å². The van der Waals surface area contributed by atoms with E-state index in [1.54, 1.807) is 24.3 Å². The summed E-state index contributed by atoms with van der Waals surface area (Å²) in [5.41, 5.74) is 4.43. The fourth-order valence-electron chi connectivity index (χ4n) is 2.22. The summed E-state index contributed by atoms with van der Waals surface area (Å²) in [6.45, 7) is 0. The molecule has 0 aromatic heterocycles. The molecule has 1 aromatic carbocycles. The van der Waals surface area contributed by atoms with Gasteiger partial charge >= 0.3 is 0 Å². The molecule has 84 valence electrons. The van der Waals surface area contributed by atoms with Crippen LogP contribution in [0.1, 0.15) is 11.5 Å². The van der Waals surface area contributed by atoms with Gasteiger partial charge in [0.25, 0.3) is 0 Å². The lowest BCUT2D eigenvalue weighted by Crippen LogP contribution is -2.26. The topological polar surface area (TPSA) is 90.7 Å². The molecule has 1 saturated carbocycles. The van der Waals surface area contributed by atoms with Gasteiger partial charge in [0.15, 0.2) is 5.41 Å². The van der Waals surface area contributed by atoms with E-state index in [1.807, 2.05) is 12.1 Å². The third-order valence-corrected chi connectivity index (χ3v) is 3.52. The molecule has 0 aliphatic heterocycles. The Balaban J connectivity index is 2.51. The molecule has 2 N–H and O–H groups in total. The summed E-state index contributed by atoms with van der Waals surface area (Å²) in [7, 11) is 0. The Bertz CT molecular complexity index is 572. The van der Waals surface area contributed by atoms with E-state index < -0.39 is 23.2 Å². The van der Waals surface area contributed by atoms with Crippen LogP contribution in [0.2, 0.25) is 5.02 Å². The van der Waals surface area contributed by atoms with E-state index in [0.717, 1.165) is 0 Å². The number of halogens is 1. The number of amides is 1. The van der Waals surface area contributed by atoms with Crippen LogP contribution in [0.3, 0.4) is 0 Å². The van der Waals surface area contributed by atoms with Gasteiger partial charge in [-0.15, -0.1) is 0 Å². The van der Waals surface area contributed by atoms with Crippen LogP contribution in [-0.4, -0.2) is 5.91 Å². The van der Waals surface area contributed by atoms with Crippen LogP contribution in [0.25, 0.3) is 0 Å². The average Bonchev–Trinajstić information content (AvgIpc) is 2.98. The number of nitrogens with zero attached hydrogens (tertiary/aromatic N) is 2. The molecule has 0 saturated heterocycles. The number of rotatable bonds is 2. The zero-order valence-electron chi connectivity index (χ0n) is 8.72. The normalized spacial score (nSPS) is 30.1. The smallest absolute Gasteiger partial charge is 0.239 e. The molecule has 1 aliphatic carbocycles. The zero-order valence-corrected chi connectivity index (χ0v) is 9.48. The van der Waals surface area contributed by atoms with Crippen LogP contribution in [0.15, 0.2) is 24.3 Å². The number of nitriles is 2. The molecule has 17 heavy (non-hydrogen) atoms. The summed E-state index contributed by atoms with van der Waals surface area (Å²) >= 11 is 6.00. The predicted octanol–water partition coefficient (Wildman–Crippen LogP) is 1.57. The molecule has 1 aliphatic rings. The summed E-state index contributed by atoms with van der Waals surface area (Å²) < 4.78 is 0. The van der Waals surface area contributed by atoms with Crippen LogP contribution in [0.5, 0.6) is 0 Å². The van der Waals surface area contributed by atoms with E-state index in [-0.39, 0.29) is 0 Å². The van der Waals surface area contributed by atoms with Gasteiger partial charge in [0, 0.05) is 10.9 Å². The number of nitrogens with two attached hydrogens (primary N) is 1. The van der Waals surface area contributed by atoms with Gasteiger partial charge < -0.3 is 5.73 Å². The highest BCUT2D eigenvalue weighted by molar-refractivity contribution is 6.31. The third kappa shape index (κ3) is 1.39. The maximum atomic E-state index is 11.4. The first-order valence-corrected chi connectivity index (χ1v) is 5.32. The Morgan fingerprint density at radius 2 is 2.06 bits per heavy atom. The first-order valence-electron chi connectivity index (χ1n) is 4.94. The molecule has 5 heteroatoms. The van der Waals surface area contributed by atoms with Gasteiger partial charge in [0.1, 0.15) is 0 Å². The van der Waals surface area contributed by atoms with Crippen LogP contribution >= 0.6 is 11.6 Å². The van der Waals surface area contributed by atoms with Crippen LogP contribution in [0, 0.1) is 34.0 Å². The minimum atomic E-state index is -1.43. The largest absolute Gasteiger partial charge is 0.368 e. The molecular weight excluding hydrogens is 238 g/mol. The molecule has 0 heterocycles. The lowest BCUT2D eigenvalue weighted by molar-refractivity contribution is -0.121. The van der Waals surface area contributed by atoms with Crippen molar-refractivity contribution < 1.29 is 4.79 Å². The van der Waals surface area contributed by atoms with E-state index in [4.69, 9.17) is 27.9 Å². The highest BCUT2D eigenvalue weighted by atomic mass is 35.5. The average molecular weight is 246 g/mol. The fourth-order valence-corrected chi connectivity index (χ4v) is 2.47. The van der Waals surface area contributed by atoms with Crippen LogP contribution in [0.4, 0.5) is 0 Å². The van der Waals surface area contributed by atoms with E-state index in [9.17, 15) is 4.79 Å². The van der Waals surface area contributed by atoms with Crippen LogP contribution < -0.4 is 5.73 Å². The maximum Gasteiger partial charge on any atom is 0.239 e. The number of carbonyl (C=O) groups is 1. The Morgan fingerprint density at radius 3 is 2.47 bits per heavy atom. The van der Waals surface area contributed by atoms with Crippen molar-refractivity contribution in [2.75, 3.05) is 0 Å². The second-order valence-electron chi connectivity index (χ2n) is 3.95. The maximum absolute atomic E-state index is 11.4. The molecular formula is C12H8ClN3O. The minimum Gasteiger partial charge on any atom is -0.368 e. The van der Waals surface area contributed by atoms with Crippen molar-refractivity contribution in [1.29, 1.82) is 10.5 Å². The summed E-state index contributed by atoms with van der Waals surface area (Å²) in [4.78, 5) is 11.4. The van der Waals surface area contributed by atoms with Gasteiger partial charge in [0.05, 0.1) is 18.1 Å². The third-order valence-electron chi connectivity index (χ3n) is 3.18. The predicted molar refractivity (Wildman–Crippen MR) is 60.5 cm³/mol. The van der Waals surface area contributed by atoms with Crippen molar-refractivity contribution >= 4 is 17.5 Å². The summed E-state index contributed by atoms with van der Waals surface area (Å²) in [5, 5.41) is 18.5. The SMILES string of the molecule is N#CC1C(c2ccccc2Cl)C1(C#N)C(N)=O. The molecule has 0 spiro atoms. The number of primary amides is 1. The van der Waals surface area contributed by atoms with E-state index in [1.165, 1.54) is 0 Å². The van der Waals surface area contributed by atoms with E-state index in [2.05, 4.69) is 0 Å². The van der Waals surface area contributed by atoms with E-state index >= 15 is 0 Å². The fraction of sp³-hybridized carbons (Fsp3) is 0.250. The number of hydrogen-bond acceptors (Lipinski definition) is 3. The van der Waals surface area contributed by atoms with Gasteiger partial charge in [-0.1, -0.05) is 29.8 Å². The number of hydrogen-bond donors (Lipinski definition) is 1. The number of benzene rings is 1. The molecule has 3 unspecified atom stereocenters. The summed E-state index contributed by atoms with van der Waals surface area (Å²) in [6.07, 6.45) is 0. The highest BCUT2D eigenvalue weighted by Gasteiger charge is 2.71. The van der Waals surface area contributed by atoms with Crippen molar-refractivity contribution in [2.45, 2.75) is 5.92 Å². The molecule has 4 nitrogen and oxygen atoms in total. The van der Waals surface area contributed by atoms with Crippen molar-refractivity contribution in [1.82, 2.24) is 0 Å². The Hall–Kier alpha value is -2.04. The lowest BCUT2D eigenvalue weighted by atomic mass is 10.00. The van der Waals surface area contributed by atoms with E-state index in [0.29, 0.717) is 10.6 Å². The molecule has 3 atom stereocenters. The van der Waals surface area contributed by atoms with Gasteiger partial charge in [-0.3, -0.25) is 4.79 Å². The Kier molecular flexibility index (Phi) is 2.53. The van der Waals surface area contributed by atoms with Crippen molar-refractivity contribution in [3.8, 4) is 12.1 Å². The quantitative estimate of drug-likeness (QED) is 0.857. The zero-order chi connectivity index (χ0) is 12.6. The molecule has 1 aromatic rings. The second-order valence-corrected chi connectivity index (χ2v) is 4.36. The first-order chi connectivity index (χ1) is 8.09. The highest BCUT2D eigenvalue weighted by Crippen LogP contribution is 2.65. The molecule has 1 fully saturated rings.